The van der Waals surface area contributed by atoms with Gasteiger partial charge in [0.15, 0.2) is 0 Å². The SMILES string of the molecule is CC(C)=C(C(=O)OC1CCCCC1)C(C)(C)C. The smallest absolute Gasteiger partial charge is 0.334 e. The molecule has 0 aliphatic heterocycles. The second-order valence-corrected chi connectivity index (χ2v) is 6.29. The largest absolute Gasteiger partial charge is 0.459 e. The van der Waals surface area contributed by atoms with Gasteiger partial charge in [0.25, 0.3) is 0 Å². The lowest BCUT2D eigenvalue weighted by Crippen LogP contribution is -2.27. The third-order valence-electron chi connectivity index (χ3n) is 3.28. The van der Waals surface area contributed by atoms with Crippen molar-refractivity contribution in [3.63, 3.8) is 0 Å². The van der Waals surface area contributed by atoms with Gasteiger partial charge in [0, 0.05) is 5.57 Å². The summed E-state index contributed by atoms with van der Waals surface area (Å²) in [6.07, 6.45) is 5.88. The van der Waals surface area contributed by atoms with Crippen molar-refractivity contribution < 1.29 is 9.53 Å². The maximum atomic E-state index is 12.2. The summed E-state index contributed by atoms with van der Waals surface area (Å²) in [5.74, 6) is -0.107. The molecule has 2 nitrogen and oxygen atoms in total. The van der Waals surface area contributed by atoms with Gasteiger partial charge in [0.05, 0.1) is 0 Å². The van der Waals surface area contributed by atoms with E-state index in [1.807, 2.05) is 13.8 Å². The molecule has 0 atom stereocenters. The normalized spacial score (nSPS) is 17.7. The first kappa shape index (κ1) is 14.3. The van der Waals surface area contributed by atoms with Crippen LogP contribution in [-0.4, -0.2) is 12.1 Å². The van der Waals surface area contributed by atoms with Crippen LogP contribution in [0.25, 0.3) is 0 Å². The monoisotopic (exact) mass is 238 g/mol. The first-order chi connectivity index (χ1) is 7.82. The van der Waals surface area contributed by atoms with E-state index in [0.717, 1.165) is 24.0 Å². The molecule has 0 saturated heterocycles. The van der Waals surface area contributed by atoms with Crippen LogP contribution < -0.4 is 0 Å². The highest BCUT2D eigenvalue weighted by Crippen LogP contribution is 2.30. The Bertz CT molecular complexity index is 297. The number of rotatable bonds is 2. The van der Waals surface area contributed by atoms with E-state index in [1.165, 1.54) is 19.3 Å². The van der Waals surface area contributed by atoms with Gasteiger partial charge in [-0.2, -0.15) is 0 Å². The average molecular weight is 238 g/mol. The highest BCUT2D eigenvalue weighted by molar-refractivity contribution is 5.90. The number of allylic oxidation sites excluding steroid dienone is 1. The number of hydrogen-bond donors (Lipinski definition) is 0. The molecule has 0 aromatic carbocycles. The van der Waals surface area contributed by atoms with Crippen LogP contribution in [-0.2, 0) is 9.53 Å². The molecular weight excluding hydrogens is 212 g/mol. The molecule has 0 radical (unpaired) electrons. The molecule has 0 heterocycles. The molecule has 0 unspecified atom stereocenters. The van der Waals surface area contributed by atoms with E-state index in [-0.39, 0.29) is 17.5 Å². The maximum Gasteiger partial charge on any atom is 0.334 e. The van der Waals surface area contributed by atoms with E-state index >= 15 is 0 Å². The zero-order valence-corrected chi connectivity index (χ0v) is 11.9. The molecule has 0 aromatic heterocycles. The zero-order chi connectivity index (χ0) is 13.1. The van der Waals surface area contributed by atoms with Gasteiger partial charge in [-0.05, 0) is 44.9 Å². The predicted octanol–water partition coefficient (Wildman–Crippen LogP) is 4.24. The van der Waals surface area contributed by atoms with Crippen LogP contribution in [0.15, 0.2) is 11.1 Å². The average Bonchev–Trinajstić information content (AvgIpc) is 2.15. The van der Waals surface area contributed by atoms with Crippen LogP contribution in [0.4, 0.5) is 0 Å². The molecule has 0 amide bonds. The quantitative estimate of drug-likeness (QED) is 0.531. The van der Waals surface area contributed by atoms with Crippen LogP contribution >= 0.6 is 0 Å². The molecule has 98 valence electrons. The molecular formula is C15H26O2. The lowest BCUT2D eigenvalue weighted by Gasteiger charge is -2.27. The van der Waals surface area contributed by atoms with E-state index in [2.05, 4.69) is 20.8 Å². The van der Waals surface area contributed by atoms with Crippen molar-refractivity contribution in [2.45, 2.75) is 72.8 Å². The Morgan fingerprint density at radius 2 is 1.59 bits per heavy atom. The van der Waals surface area contributed by atoms with Crippen molar-refractivity contribution in [2.75, 3.05) is 0 Å². The number of ether oxygens (including phenoxy) is 1. The van der Waals surface area contributed by atoms with Gasteiger partial charge in [-0.3, -0.25) is 0 Å². The van der Waals surface area contributed by atoms with E-state index in [1.54, 1.807) is 0 Å². The highest BCUT2D eigenvalue weighted by atomic mass is 16.5. The Morgan fingerprint density at radius 3 is 2.00 bits per heavy atom. The van der Waals surface area contributed by atoms with Crippen molar-refractivity contribution in [2.24, 2.45) is 5.41 Å². The van der Waals surface area contributed by atoms with Crippen LogP contribution in [0.1, 0.15) is 66.7 Å². The van der Waals surface area contributed by atoms with Crippen molar-refractivity contribution in [3.8, 4) is 0 Å². The third-order valence-corrected chi connectivity index (χ3v) is 3.28. The van der Waals surface area contributed by atoms with Crippen molar-refractivity contribution in [3.05, 3.63) is 11.1 Å². The van der Waals surface area contributed by atoms with Gasteiger partial charge < -0.3 is 4.74 Å². The number of esters is 1. The van der Waals surface area contributed by atoms with Gasteiger partial charge in [-0.25, -0.2) is 4.79 Å². The standard InChI is InChI=1S/C15H26O2/c1-11(2)13(15(3,4)5)14(16)17-12-9-7-6-8-10-12/h12H,6-10H2,1-5H3. The maximum absolute atomic E-state index is 12.2. The summed E-state index contributed by atoms with van der Waals surface area (Å²) >= 11 is 0. The fraction of sp³-hybridized carbons (Fsp3) is 0.800. The van der Waals surface area contributed by atoms with Crippen LogP contribution in [0.3, 0.4) is 0 Å². The molecule has 2 heteroatoms. The molecule has 0 N–H and O–H groups in total. The first-order valence-corrected chi connectivity index (χ1v) is 6.71. The third kappa shape index (κ3) is 4.18. The summed E-state index contributed by atoms with van der Waals surface area (Å²) in [5, 5.41) is 0. The molecule has 1 rings (SSSR count). The fourth-order valence-electron chi connectivity index (χ4n) is 2.65. The van der Waals surface area contributed by atoms with Crippen LogP contribution in [0.5, 0.6) is 0 Å². The Balaban J connectivity index is 2.70. The van der Waals surface area contributed by atoms with E-state index in [0.29, 0.717) is 0 Å². The van der Waals surface area contributed by atoms with E-state index in [4.69, 9.17) is 4.74 Å². The summed E-state index contributed by atoms with van der Waals surface area (Å²) in [4.78, 5) is 12.2. The summed E-state index contributed by atoms with van der Waals surface area (Å²) < 4.78 is 5.64. The number of hydrogen-bond acceptors (Lipinski definition) is 2. The van der Waals surface area contributed by atoms with Crippen molar-refractivity contribution >= 4 is 5.97 Å². The second kappa shape index (κ2) is 5.70. The minimum Gasteiger partial charge on any atom is -0.459 e. The lowest BCUT2D eigenvalue weighted by molar-refractivity contribution is -0.146. The minimum absolute atomic E-state index is 0.107. The molecule has 0 aromatic rings. The lowest BCUT2D eigenvalue weighted by atomic mass is 9.84. The topological polar surface area (TPSA) is 26.3 Å². The molecule has 0 spiro atoms. The summed E-state index contributed by atoms with van der Waals surface area (Å²) in [6.45, 7) is 10.2. The van der Waals surface area contributed by atoms with Crippen LogP contribution in [0, 0.1) is 5.41 Å². The predicted molar refractivity (Wildman–Crippen MR) is 70.8 cm³/mol. The van der Waals surface area contributed by atoms with Crippen molar-refractivity contribution in [1.29, 1.82) is 0 Å². The molecule has 1 aliphatic carbocycles. The van der Waals surface area contributed by atoms with E-state index < -0.39 is 0 Å². The first-order valence-electron chi connectivity index (χ1n) is 6.71. The molecule has 0 bridgehead atoms. The molecule has 1 fully saturated rings. The number of carbonyl (C=O) groups excluding carboxylic acids is 1. The Morgan fingerprint density at radius 1 is 1.06 bits per heavy atom. The fourth-order valence-corrected chi connectivity index (χ4v) is 2.65. The van der Waals surface area contributed by atoms with Gasteiger partial charge in [0.2, 0.25) is 0 Å². The Kier molecular flexibility index (Phi) is 4.79. The molecule has 17 heavy (non-hydrogen) atoms. The molecule has 1 saturated carbocycles. The Hall–Kier alpha value is -0.790. The second-order valence-electron chi connectivity index (χ2n) is 6.29. The van der Waals surface area contributed by atoms with Gasteiger partial charge >= 0.3 is 5.97 Å². The molecule has 1 aliphatic rings. The zero-order valence-electron chi connectivity index (χ0n) is 11.9. The Labute approximate surface area is 105 Å². The minimum atomic E-state index is -0.134. The number of carbonyl (C=O) groups is 1. The van der Waals surface area contributed by atoms with E-state index in [9.17, 15) is 4.79 Å². The summed E-state index contributed by atoms with van der Waals surface area (Å²) in [7, 11) is 0. The van der Waals surface area contributed by atoms with Crippen molar-refractivity contribution in [1.82, 2.24) is 0 Å². The summed E-state index contributed by atoms with van der Waals surface area (Å²) in [5.41, 5.74) is 1.77. The summed E-state index contributed by atoms with van der Waals surface area (Å²) in [6, 6.07) is 0. The van der Waals surface area contributed by atoms with Gasteiger partial charge in [-0.15, -0.1) is 0 Å². The van der Waals surface area contributed by atoms with Gasteiger partial charge in [0.1, 0.15) is 6.10 Å². The highest BCUT2D eigenvalue weighted by Gasteiger charge is 2.28. The van der Waals surface area contributed by atoms with Crippen LogP contribution in [0.2, 0.25) is 0 Å². The van der Waals surface area contributed by atoms with Gasteiger partial charge in [-0.1, -0.05) is 32.8 Å².